The fourth-order valence-corrected chi connectivity index (χ4v) is 1.99. The monoisotopic (exact) mass is 356 g/mol. The normalized spacial score (nSPS) is 11.5. The van der Waals surface area contributed by atoms with E-state index in [1.807, 2.05) is 6.92 Å². The first-order valence-electron chi connectivity index (χ1n) is 7.69. The molecule has 0 aliphatic heterocycles. The maximum atomic E-state index is 9.29. The van der Waals surface area contributed by atoms with Crippen molar-refractivity contribution in [3.8, 4) is 0 Å². The van der Waals surface area contributed by atoms with E-state index in [9.17, 15) is 5.11 Å². The van der Waals surface area contributed by atoms with E-state index in [4.69, 9.17) is 0 Å². The number of aromatic nitrogens is 4. The molecular weight excluding hydrogens is 332 g/mol. The van der Waals surface area contributed by atoms with Gasteiger partial charge in [0.15, 0.2) is 11.6 Å². The molecule has 5 N–H and O–H groups in total. The summed E-state index contributed by atoms with van der Waals surface area (Å²) in [6.45, 7) is 4.72. The van der Waals surface area contributed by atoms with Gasteiger partial charge < -0.3 is 26.4 Å². The van der Waals surface area contributed by atoms with Crippen LogP contribution in [0.2, 0.25) is 0 Å². The van der Waals surface area contributed by atoms with Gasteiger partial charge in [-0.3, -0.25) is 0 Å². The minimum atomic E-state index is -0.155. The van der Waals surface area contributed by atoms with Gasteiger partial charge >= 0.3 is 0 Å². The zero-order valence-electron chi connectivity index (χ0n) is 14.3. The molecule has 134 valence electrons. The molecule has 24 heavy (non-hydrogen) atoms. The van der Waals surface area contributed by atoms with Gasteiger partial charge in [-0.15, -0.1) is 12.4 Å². The minimum absolute atomic E-state index is 0. The second-order valence-electron chi connectivity index (χ2n) is 5.14. The number of hydrogen-bond donors (Lipinski definition) is 5. The third kappa shape index (κ3) is 4.45. The highest BCUT2D eigenvalue weighted by molar-refractivity contribution is 5.94. The van der Waals surface area contributed by atoms with E-state index >= 15 is 0 Å². The predicted molar refractivity (Wildman–Crippen MR) is 100 cm³/mol. The van der Waals surface area contributed by atoms with Gasteiger partial charge in [0, 0.05) is 26.7 Å². The quantitative estimate of drug-likeness (QED) is 0.479. The summed E-state index contributed by atoms with van der Waals surface area (Å²) >= 11 is 0. The summed E-state index contributed by atoms with van der Waals surface area (Å²) in [6.07, 6.45) is 0.969. The number of anilines is 4. The largest absolute Gasteiger partial charge is 0.394 e. The number of nitrogens with zero attached hydrogens (tertiary/aromatic N) is 4. The van der Waals surface area contributed by atoms with Crippen molar-refractivity contribution in [1.29, 1.82) is 0 Å². The molecule has 9 nitrogen and oxygen atoms in total. The van der Waals surface area contributed by atoms with Crippen molar-refractivity contribution in [2.45, 2.75) is 26.3 Å². The van der Waals surface area contributed by atoms with Gasteiger partial charge in [0.1, 0.15) is 11.0 Å². The Kier molecular flexibility index (Phi) is 7.66. The molecule has 2 aromatic heterocycles. The average molecular weight is 357 g/mol. The molecule has 0 fully saturated rings. The number of hydrogen-bond acceptors (Lipinski definition) is 9. The molecule has 10 heteroatoms. The van der Waals surface area contributed by atoms with Crippen LogP contribution in [-0.2, 0) is 0 Å². The van der Waals surface area contributed by atoms with Crippen molar-refractivity contribution in [2.75, 3.05) is 48.5 Å². The zero-order chi connectivity index (χ0) is 16.8. The number of fused-ring (bicyclic) bond motifs is 1. The van der Waals surface area contributed by atoms with Gasteiger partial charge in [-0.1, -0.05) is 6.92 Å². The Hall–Kier alpha value is -2.13. The SMILES string of the molecule is CCCNc1nc(NC)nc2c(NC(C)CO)nc(NC)nc12.Cl. The first-order chi connectivity index (χ1) is 11.1. The van der Waals surface area contributed by atoms with Crippen molar-refractivity contribution in [3.05, 3.63) is 0 Å². The Balaban J connectivity index is 0.00000288. The molecule has 1 atom stereocenters. The molecule has 2 heterocycles. The summed E-state index contributed by atoms with van der Waals surface area (Å²) in [4.78, 5) is 17.8. The summed E-state index contributed by atoms with van der Waals surface area (Å²) in [7, 11) is 3.51. The summed E-state index contributed by atoms with van der Waals surface area (Å²) < 4.78 is 0. The third-order valence-corrected chi connectivity index (χ3v) is 3.19. The van der Waals surface area contributed by atoms with Gasteiger partial charge in [-0.25, -0.2) is 9.97 Å². The molecule has 0 radical (unpaired) electrons. The predicted octanol–water partition coefficient (Wildman–Crippen LogP) is 1.54. The number of rotatable bonds is 8. The van der Waals surface area contributed by atoms with Crippen molar-refractivity contribution in [2.24, 2.45) is 0 Å². The zero-order valence-corrected chi connectivity index (χ0v) is 15.2. The van der Waals surface area contributed by atoms with Crippen LogP contribution in [0, 0.1) is 0 Å². The van der Waals surface area contributed by atoms with E-state index in [0.29, 0.717) is 34.6 Å². The van der Waals surface area contributed by atoms with Crippen LogP contribution in [0.5, 0.6) is 0 Å². The van der Waals surface area contributed by atoms with E-state index in [1.165, 1.54) is 0 Å². The maximum absolute atomic E-state index is 9.29. The van der Waals surface area contributed by atoms with Crippen LogP contribution in [0.3, 0.4) is 0 Å². The number of aliphatic hydroxyl groups excluding tert-OH is 1. The summed E-state index contributed by atoms with van der Waals surface area (Å²) in [5, 5.41) is 21.6. The smallest absolute Gasteiger partial charge is 0.225 e. The molecule has 0 aliphatic rings. The van der Waals surface area contributed by atoms with Crippen LogP contribution in [0.25, 0.3) is 11.0 Å². The highest BCUT2D eigenvalue weighted by Gasteiger charge is 2.16. The highest BCUT2D eigenvalue weighted by atomic mass is 35.5. The lowest BCUT2D eigenvalue weighted by molar-refractivity contribution is 0.281. The molecular formula is C14H25ClN8O. The average Bonchev–Trinajstić information content (AvgIpc) is 2.59. The van der Waals surface area contributed by atoms with Gasteiger partial charge in [0.05, 0.1) is 6.61 Å². The van der Waals surface area contributed by atoms with Crippen molar-refractivity contribution < 1.29 is 5.11 Å². The summed E-state index contributed by atoms with van der Waals surface area (Å²) in [6, 6.07) is -0.155. The molecule has 0 aromatic carbocycles. The summed E-state index contributed by atoms with van der Waals surface area (Å²) in [5.74, 6) is 2.15. The Morgan fingerprint density at radius 1 is 0.958 bits per heavy atom. The molecule has 0 spiro atoms. The first kappa shape index (κ1) is 19.9. The Morgan fingerprint density at radius 3 is 2.00 bits per heavy atom. The number of halogens is 1. The van der Waals surface area contributed by atoms with Crippen molar-refractivity contribution in [3.63, 3.8) is 0 Å². The fourth-order valence-electron chi connectivity index (χ4n) is 1.99. The Bertz CT molecular complexity index is 669. The van der Waals surface area contributed by atoms with E-state index in [-0.39, 0.29) is 25.1 Å². The van der Waals surface area contributed by atoms with Gasteiger partial charge in [0.25, 0.3) is 0 Å². The van der Waals surface area contributed by atoms with Crippen LogP contribution < -0.4 is 21.3 Å². The van der Waals surface area contributed by atoms with E-state index in [2.05, 4.69) is 48.1 Å². The van der Waals surface area contributed by atoms with Crippen LogP contribution in [0.15, 0.2) is 0 Å². The van der Waals surface area contributed by atoms with Crippen LogP contribution >= 0.6 is 12.4 Å². The number of nitrogens with one attached hydrogen (secondary N) is 4. The van der Waals surface area contributed by atoms with Crippen molar-refractivity contribution in [1.82, 2.24) is 19.9 Å². The lowest BCUT2D eigenvalue weighted by Gasteiger charge is -2.16. The molecule has 0 saturated carbocycles. The lowest BCUT2D eigenvalue weighted by Crippen LogP contribution is -2.21. The maximum Gasteiger partial charge on any atom is 0.225 e. The second-order valence-corrected chi connectivity index (χ2v) is 5.14. The van der Waals surface area contributed by atoms with Gasteiger partial charge in [0.2, 0.25) is 11.9 Å². The molecule has 2 rings (SSSR count). The topological polar surface area (TPSA) is 120 Å². The van der Waals surface area contributed by atoms with Crippen molar-refractivity contribution >= 4 is 47.0 Å². The highest BCUT2D eigenvalue weighted by Crippen LogP contribution is 2.27. The third-order valence-electron chi connectivity index (χ3n) is 3.19. The minimum Gasteiger partial charge on any atom is -0.394 e. The summed E-state index contributed by atoms with van der Waals surface area (Å²) in [5.41, 5.74) is 1.23. The number of aliphatic hydroxyl groups is 1. The second kappa shape index (κ2) is 9.24. The molecule has 2 aromatic rings. The Labute approximate surface area is 147 Å². The van der Waals surface area contributed by atoms with E-state index < -0.39 is 0 Å². The lowest BCUT2D eigenvalue weighted by atomic mass is 10.3. The van der Waals surface area contributed by atoms with Crippen LogP contribution in [-0.4, -0.2) is 58.3 Å². The van der Waals surface area contributed by atoms with Gasteiger partial charge in [-0.2, -0.15) is 9.97 Å². The molecule has 0 aliphatic carbocycles. The Morgan fingerprint density at radius 2 is 1.50 bits per heavy atom. The molecule has 1 unspecified atom stereocenters. The first-order valence-corrected chi connectivity index (χ1v) is 7.69. The van der Waals surface area contributed by atoms with Crippen LogP contribution in [0.1, 0.15) is 20.3 Å². The molecule has 0 amide bonds. The van der Waals surface area contributed by atoms with E-state index in [0.717, 1.165) is 13.0 Å². The van der Waals surface area contributed by atoms with Gasteiger partial charge in [-0.05, 0) is 13.3 Å². The standard InChI is InChI=1S/C14H24N8O.ClH/c1-5-6-17-11-9-10(20-13(15-3)21-11)12(18-8(2)7-23)22-14(16-4)19-9;/h8,23H,5-7H2,1-4H3,(H2,15,17,20,21)(H2,16,18,19,22);1H. The van der Waals surface area contributed by atoms with Crippen LogP contribution in [0.4, 0.5) is 23.5 Å². The fraction of sp³-hybridized carbons (Fsp3) is 0.571. The molecule has 0 bridgehead atoms. The molecule has 0 saturated heterocycles. The van der Waals surface area contributed by atoms with E-state index in [1.54, 1.807) is 14.1 Å².